The molecule has 0 bridgehead atoms. The molecule has 1 saturated heterocycles. The Bertz CT molecular complexity index is 372. The van der Waals surface area contributed by atoms with Crippen molar-refractivity contribution >= 4 is 0 Å². The second-order valence-electron chi connectivity index (χ2n) is 4.51. The molecule has 1 aromatic heterocycles. The Balaban J connectivity index is 2.07. The van der Waals surface area contributed by atoms with E-state index in [1.807, 2.05) is 7.05 Å². The van der Waals surface area contributed by atoms with Gasteiger partial charge in [-0.25, -0.2) is 0 Å². The first-order valence-corrected chi connectivity index (χ1v) is 5.67. The fraction of sp³-hybridized carbons (Fsp3) is 0.583. The maximum absolute atomic E-state index is 12.2. The summed E-state index contributed by atoms with van der Waals surface area (Å²) in [5, 5.41) is 0. The molecule has 1 fully saturated rings. The lowest BCUT2D eigenvalue weighted by Gasteiger charge is -2.19. The third-order valence-corrected chi connectivity index (χ3v) is 3.13. The van der Waals surface area contributed by atoms with Gasteiger partial charge in [-0.3, -0.25) is 9.88 Å². The SMILES string of the molecule is CN1CCCC1c1ccc(CC(F)(F)F)nc1. The summed E-state index contributed by atoms with van der Waals surface area (Å²) in [4.78, 5) is 6.11. The molecule has 0 radical (unpaired) electrons. The van der Waals surface area contributed by atoms with Gasteiger partial charge in [-0.2, -0.15) is 13.2 Å². The third-order valence-electron chi connectivity index (χ3n) is 3.13. The number of hydrogen-bond donors (Lipinski definition) is 0. The van der Waals surface area contributed by atoms with Crippen molar-refractivity contribution in [3.05, 3.63) is 29.6 Å². The summed E-state index contributed by atoms with van der Waals surface area (Å²) in [5.74, 6) is 0. The van der Waals surface area contributed by atoms with Gasteiger partial charge in [0.1, 0.15) is 0 Å². The fourth-order valence-electron chi connectivity index (χ4n) is 2.27. The third kappa shape index (κ3) is 3.19. The fourth-order valence-corrected chi connectivity index (χ4v) is 2.27. The average Bonchev–Trinajstić information content (AvgIpc) is 2.63. The van der Waals surface area contributed by atoms with E-state index in [-0.39, 0.29) is 5.69 Å². The monoisotopic (exact) mass is 244 g/mol. The van der Waals surface area contributed by atoms with Gasteiger partial charge in [0.2, 0.25) is 0 Å². The van der Waals surface area contributed by atoms with Crippen LogP contribution in [0.5, 0.6) is 0 Å². The van der Waals surface area contributed by atoms with Crippen molar-refractivity contribution < 1.29 is 13.2 Å². The lowest BCUT2D eigenvalue weighted by Crippen LogP contribution is -2.18. The van der Waals surface area contributed by atoms with Gasteiger partial charge in [0.05, 0.1) is 6.42 Å². The predicted octanol–water partition coefficient (Wildman–Crippen LogP) is 2.95. The molecule has 2 heterocycles. The smallest absolute Gasteiger partial charge is 0.299 e. The molecule has 2 rings (SSSR count). The second kappa shape index (κ2) is 4.64. The first-order chi connectivity index (χ1) is 7.96. The van der Waals surface area contributed by atoms with Crippen LogP contribution in [-0.2, 0) is 6.42 Å². The topological polar surface area (TPSA) is 16.1 Å². The molecule has 1 aromatic rings. The van der Waals surface area contributed by atoms with Crippen LogP contribution in [0.1, 0.15) is 30.1 Å². The number of rotatable bonds is 2. The minimum absolute atomic E-state index is 0.0851. The summed E-state index contributed by atoms with van der Waals surface area (Å²) >= 11 is 0. The number of aromatic nitrogens is 1. The molecule has 17 heavy (non-hydrogen) atoms. The summed E-state index contributed by atoms with van der Waals surface area (Å²) in [6.07, 6.45) is -1.37. The van der Waals surface area contributed by atoms with Crippen molar-refractivity contribution in [2.24, 2.45) is 0 Å². The van der Waals surface area contributed by atoms with E-state index < -0.39 is 12.6 Å². The van der Waals surface area contributed by atoms with Crippen molar-refractivity contribution in [1.82, 2.24) is 9.88 Å². The van der Waals surface area contributed by atoms with Gasteiger partial charge >= 0.3 is 6.18 Å². The number of likely N-dealkylation sites (tertiary alicyclic amines) is 1. The van der Waals surface area contributed by atoms with Gasteiger partial charge in [-0.05, 0) is 38.1 Å². The molecule has 2 nitrogen and oxygen atoms in total. The van der Waals surface area contributed by atoms with Crippen molar-refractivity contribution in [2.45, 2.75) is 31.5 Å². The van der Waals surface area contributed by atoms with E-state index in [0.29, 0.717) is 6.04 Å². The second-order valence-corrected chi connectivity index (χ2v) is 4.51. The van der Waals surface area contributed by atoms with E-state index in [1.165, 1.54) is 6.07 Å². The van der Waals surface area contributed by atoms with Crippen LogP contribution < -0.4 is 0 Å². The van der Waals surface area contributed by atoms with Gasteiger partial charge in [0, 0.05) is 17.9 Å². The number of halogens is 3. The zero-order valence-electron chi connectivity index (χ0n) is 9.67. The molecule has 0 N–H and O–H groups in total. The van der Waals surface area contributed by atoms with E-state index in [0.717, 1.165) is 24.9 Å². The van der Waals surface area contributed by atoms with Crippen molar-refractivity contribution in [1.29, 1.82) is 0 Å². The largest absolute Gasteiger partial charge is 0.394 e. The number of hydrogen-bond acceptors (Lipinski definition) is 2. The molecule has 1 aliphatic rings. The van der Waals surface area contributed by atoms with Crippen LogP contribution in [0.25, 0.3) is 0 Å². The molecule has 5 heteroatoms. The standard InChI is InChI=1S/C12H15F3N2/c1-17-6-2-3-11(17)9-4-5-10(16-8-9)7-12(13,14)15/h4-5,8,11H,2-3,6-7H2,1H3. The zero-order chi connectivity index (χ0) is 12.5. The molecule has 0 saturated carbocycles. The highest BCUT2D eigenvalue weighted by Gasteiger charge is 2.28. The Morgan fingerprint density at radius 1 is 1.41 bits per heavy atom. The van der Waals surface area contributed by atoms with Gasteiger partial charge < -0.3 is 0 Å². The Kier molecular flexibility index (Phi) is 3.38. The molecule has 1 aliphatic heterocycles. The minimum Gasteiger partial charge on any atom is -0.299 e. The van der Waals surface area contributed by atoms with Crippen LogP contribution in [0.4, 0.5) is 13.2 Å². The van der Waals surface area contributed by atoms with E-state index in [4.69, 9.17) is 0 Å². The van der Waals surface area contributed by atoms with Gasteiger partial charge in [-0.15, -0.1) is 0 Å². The zero-order valence-corrected chi connectivity index (χ0v) is 9.67. The molecule has 94 valence electrons. The van der Waals surface area contributed by atoms with Crippen LogP contribution in [-0.4, -0.2) is 29.7 Å². The summed E-state index contributed by atoms with van der Waals surface area (Å²) in [6.45, 7) is 1.04. The highest BCUT2D eigenvalue weighted by molar-refractivity contribution is 5.19. The Labute approximate surface area is 98.5 Å². The number of pyridine rings is 1. The average molecular weight is 244 g/mol. The molecule has 1 atom stereocenters. The van der Waals surface area contributed by atoms with Gasteiger partial charge in [0.25, 0.3) is 0 Å². The Morgan fingerprint density at radius 2 is 2.18 bits per heavy atom. The quantitative estimate of drug-likeness (QED) is 0.795. The minimum atomic E-state index is -4.18. The van der Waals surface area contributed by atoms with Crippen LogP contribution >= 0.6 is 0 Å². The summed E-state index contributed by atoms with van der Waals surface area (Å²) < 4.78 is 36.5. The van der Waals surface area contributed by atoms with E-state index in [2.05, 4.69) is 9.88 Å². The highest BCUT2D eigenvalue weighted by atomic mass is 19.4. The Morgan fingerprint density at radius 3 is 2.65 bits per heavy atom. The van der Waals surface area contributed by atoms with Crippen LogP contribution in [0.3, 0.4) is 0 Å². The summed E-state index contributed by atoms with van der Waals surface area (Å²) in [5.41, 5.74) is 1.10. The first-order valence-electron chi connectivity index (χ1n) is 5.67. The van der Waals surface area contributed by atoms with Crippen molar-refractivity contribution in [3.8, 4) is 0 Å². The molecule has 0 aromatic carbocycles. The van der Waals surface area contributed by atoms with Crippen molar-refractivity contribution in [2.75, 3.05) is 13.6 Å². The van der Waals surface area contributed by atoms with E-state index >= 15 is 0 Å². The summed E-state index contributed by atoms with van der Waals surface area (Å²) in [7, 11) is 2.03. The van der Waals surface area contributed by atoms with E-state index in [9.17, 15) is 13.2 Å². The maximum Gasteiger partial charge on any atom is 0.394 e. The molecular formula is C12H15F3N2. The van der Waals surface area contributed by atoms with Crippen molar-refractivity contribution in [3.63, 3.8) is 0 Å². The lowest BCUT2D eigenvalue weighted by atomic mass is 10.1. The lowest BCUT2D eigenvalue weighted by molar-refractivity contribution is -0.127. The van der Waals surface area contributed by atoms with Crippen LogP contribution in [0.15, 0.2) is 18.3 Å². The van der Waals surface area contributed by atoms with Gasteiger partial charge in [-0.1, -0.05) is 6.07 Å². The van der Waals surface area contributed by atoms with Gasteiger partial charge in [0.15, 0.2) is 0 Å². The van der Waals surface area contributed by atoms with Crippen LogP contribution in [0.2, 0.25) is 0 Å². The molecule has 0 spiro atoms. The molecule has 1 unspecified atom stereocenters. The maximum atomic E-state index is 12.2. The van der Waals surface area contributed by atoms with Crippen LogP contribution in [0, 0.1) is 0 Å². The molecular weight excluding hydrogens is 229 g/mol. The predicted molar refractivity (Wildman–Crippen MR) is 58.6 cm³/mol. The highest BCUT2D eigenvalue weighted by Crippen LogP contribution is 2.30. The van der Waals surface area contributed by atoms with E-state index in [1.54, 1.807) is 12.3 Å². The number of alkyl halides is 3. The Hall–Kier alpha value is -1.10. The molecule has 0 amide bonds. The summed E-state index contributed by atoms with van der Waals surface area (Å²) in [6, 6.07) is 3.55. The molecule has 0 aliphatic carbocycles. The number of nitrogens with zero attached hydrogens (tertiary/aromatic N) is 2. The normalized spacial score (nSPS) is 22.0. The first kappa shape index (κ1) is 12.4.